The second kappa shape index (κ2) is 29.9. The maximum atomic E-state index is 4.54. The normalized spacial score (nSPS) is 5.38. The molecule has 0 spiro atoms. The molecule has 0 heterocycles. The Hall–Kier alpha value is -0.300. The number of hydrogen-bond acceptors (Lipinski definition) is 1. The number of rotatable bonds is 1. The number of hydrogen-bond donors (Lipinski definition) is 0. The van der Waals surface area contributed by atoms with Gasteiger partial charge in [0.2, 0.25) is 0 Å². The monoisotopic (exact) mass is 118 g/mol. The molecule has 0 bridgehead atoms. The quantitative estimate of drug-likeness (QED) is 0.481. The third kappa shape index (κ3) is 257. The van der Waals surface area contributed by atoms with Crippen LogP contribution in [0.5, 0.6) is 0 Å². The van der Waals surface area contributed by atoms with E-state index in [1.54, 1.807) is 13.2 Å². The summed E-state index contributed by atoms with van der Waals surface area (Å²) in [6, 6.07) is 0. The highest BCUT2D eigenvalue weighted by molar-refractivity contribution is 4.51. The summed E-state index contributed by atoms with van der Waals surface area (Å²) >= 11 is 0. The van der Waals surface area contributed by atoms with Crippen LogP contribution in [0.4, 0.5) is 0 Å². The van der Waals surface area contributed by atoms with E-state index in [1.807, 2.05) is 13.8 Å². The number of methoxy groups -OCH3 is 1. The van der Waals surface area contributed by atoms with Gasteiger partial charge in [-0.25, -0.2) is 0 Å². The largest absolute Gasteiger partial charge is 0.385 e. The van der Waals surface area contributed by atoms with E-state index in [2.05, 4.69) is 11.3 Å². The summed E-state index contributed by atoms with van der Waals surface area (Å²) in [6.07, 6.45) is 1.75. The highest BCUT2D eigenvalue weighted by atomic mass is 16.5. The minimum Gasteiger partial charge on any atom is -0.385 e. The van der Waals surface area contributed by atoms with Crippen LogP contribution in [-0.4, -0.2) is 13.7 Å². The van der Waals surface area contributed by atoms with Crippen LogP contribution in [0.2, 0.25) is 0 Å². The van der Waals surface area contributed by atoms with Crippen molar-refractivity contribution in [2.45, 2.75) is 21.3 Å². The molecule has 0 rings (SSSR count). The third-order valence-corrected chi connectivity index (χ3v) is 0.289. The Kier molecular flexibility index (Phi) is 58.4. The van der Waals surface area contributed by atoms with Crippen molar-refractivity contribution in [2.75, 3.05) is 13.7 Å². The third-order valence-electron chi connectivity index (χ3n) is 0.289. The lowest BCUT2D eigenvalue weighted by molar-refractivity contribution is 0.215. The van der Waals surface area contributed by atoms with Crippen molar-refractivity contribution in [3.05, 3.63) is 12.7 Å². The van der Waals surface area contributed by atoms with Crippen LogP contribution in [-0.2, 0) is 4.74 Å². The van der Waals surface area contributed by atoms with Gasteiger partial charge in [0.1, 0.15) is 0 Å². The lowest BCUT2D eigenvalue weighted by Crippen LogP contribution is -1.73. The molecule has 1 heteroatoms. The fraction of sp³-hybridized carbons (Fsp3) is 0.714. The van der Waals surface area contributed by atoms with Crippen LogP contribution < -0.4 is 0 Å². The molecule has 0 saturated carbocycles. The summed E-state index contributed by atoms with van der Waals surface area (Å²) in [7, 11) is 1.68. The highest BCUT2D eigenvalue weighted by Crippen LogP contribution is 1.52. The van der Waals surface area contributed by atoms with Gasteiger partial charge in [0.25, 0.3) is 0 Å². The topological polar surface area (TPSA) is 9.23 Å². The molecule has 0 N–H and O–H groups in total. The predicted octanol–water partition coefficient (Wildman–Crippen LogP) is 2.48. The summed E-state index contributed by atoms with van der Waals surface area (Å²) in [4.78, 5) is 0. The minimum absolute atomic E-state index is 0. The zero-order valence-electron chi connectivity index (χ0n) is 5.40. The van der Waals surface area contributed by atoms with Crippen LogP contribution in [0, 0.1) is 0 Å². The van der Waals surface area contributed by atoms with Crippen LogP contribution in [0.25, 0.3) is 0 Å². The van der Waals surface area contributed by atoms with Crippen LogP contribution in [0.15, 0.2) is 12.7 Å². The maximum Gasteiger partial charge on any atom is 0.0433 e. The number of allylic oxidation sites excluding steroid dienone is 1. The first-order valence-corrected chi connectivity index (χ1v) is 2.39. The molecule has 0 aliphatic carbocycles. The molecule has 0 saturated heterocycles. The Morgan fingerprint density at radius 2 is 1.75 bits per heavy atom. The fourth-order valence-electron chi connectivity index (χ4n) is 0. The minimum atomic E-state index is 0. The average molecular weight is 118 g/mol. The Balaban J connectivity index is -0.0000000575. The van der Waals surface area contributed by atoms with Gasteiger partial charge >= 0.3 is 0 Å². The van der Waals surface area contributed by atoms with E-state index in [-0.39, 0.29) is 7.43 Å². The smallest absolute Gasteiger partial charge is 0.0433 e. The molecular weight excluding hydrogens is 100 g/mol. The molecule has 0 atom stereocenters. The molecule has 0 aromatic rings. The first kappa shape index (κ1) is 15.6. The molecule has 8 heavy (non-hydrogen) atoms. The maximum absolute atomic E-state index is 4.54. The van der Waals surface area contributed by atoms with Gasteiger partial charge in [0.15, 0.2) is 0 Å². The first-order chi connectivity index (χ1) is 3.33. The lowest BCUT2D eigenvalue weighted by Gasteiger charge is -1.76. The Bertz CT molecular complexity index is 23.6. The number of ether oxygens (including phenoxy) is 1. The van der Waals surface area contributed by atoms with Crippen molar-refractivity contribution < 1.29 is 4.74 Å². The van der Waals surface area contributed by atoms with Gasteiger partial charge in [-0.3, -0.25) is 0 Å². The van der Waals surface area contributed by atoms with E-state index in [0.717, 1.165) is 6.61 Å². The van der Waals surface area contributed by atoms with E-state index in [0.29, 0.717) is 0 Å². The summed E-state index contributed by atoms with van der Waals surface area (Å²) in [5.41, 5.74) is 0. The van der Waals surface area contributed by atoms with E-state index in [1.165, 1.54) is 0 Å². The average Bonchev–Trinajstić information content (AvgIpc) is 1.69. The summed E-state index contributed by atoms with van der Waals surface area (Å²) in [5.74, 6) is 0. The molecule has 0 unspecified atom stereocenters. The van der Waals surface area contributed by atoms with Gasteiger partial charge in [-0.15, -0.1) is 6.58 Å². The first-order valence-electron chi connectivity index (χ1n) is 2.39. The zero-order valence-corrected chi connectivity index (χ0v) is 5.40. The van der Waals surface area contributed by atoms with Crippen LogP contribution in [0.3, 0.4) is 0 Å². The molecular formula is C7H18O. The molecule has 0 aliphatic heterocycles. The van der Waals surface area contributed by atoms with Crippen molar-refractivity contribution in [1.82, 2.24) is 0 Å². The van der Waals surface area contributed by atoms with Gasteiger partial charge in [-0.2, -0.15) is 0 Å². The SMILES string of the molecule is C.C=CC.CCOC. The Morgan fingerprint density at radius 1 is 1.62 bits per heavy atom. The van der Waals surface area contributed by atoms with Crippen molar-refractivity contribution in [3.8, 4) is 0 Å². The van der Waals surface area contributed by atoms with Gasteiger partial charge in [0.05, 0.1) is 0 Å². The highest BCUT2D eigenvalue weighted by Gasteiger charge is 1.51. The second-order valence-electron chi connectivity index (χ2n) is 0.986. The van der Waals surface area contributed by atoms with E-state index in [9.17, 15) is 0 Å². The lowest BCUT2D eigenvalue weighted by atomic mass is 10.8. The fourth-order valence-corrected chi connectivity index (χ4v) is 0. The molecule has 0 aromatic heterocycles. The van der Waals surface area contributed by atoms with E-state index >= 15 is 0 Å². The van der Waals surface area contributed by atoms with E-state index < -0.39 is 0 Å². The van der Waals surface area contributed by atoms with Gasteiger partial charge in [0, 0.05) is 13.7 Å². The molecule has 0 amide bonds. The Morgan fingerprint density at radius 3 is 1.75 bits per heavy atom. The standard InChI is InChI=1S/C3H8O.C3H6.CH4/c1-3-4-2;1-3-2;/h3H2,1-2H3;3H,1H2,2H3;1H4. The van der Waals surface area contributed by atoms with Crippen LogP contribution >= 0.6 is 0 Å². The van der Waals surface area contributed by atoms with Crippen molar-refractivity contribution in [1.29, 1.82) is 0 Å². The molecule has 52 valence electrons. The summed E-state index contributed by atoms with van der Waals surface area (Å²) < 4.78 is 4.54. The Labute approximate surface area is 53.4 Å². The summed E-state index contributed by atoms with van der Waals surface area (Å²) in [6.45, 7) is 8.03. The van der Waals surface area contributed by atoms with Crippen LogP contribution in [0.1, 0.15) is 21.3 Å². The van der Waals surface area contributed by atoms with Gasteiger partial charge < -0.3 is 4.74 Å². The molecule has 0 fully saturated rings. The molecule has 0 aromatic carbocycles. The summed E-state index contributed by atoms with van der Waals surface area (Å²) in [5, 5.41) is 0. The predicted molar refractivity (Wildman–Crippen MR) is 40.2 cm³/mol. The van der Waals surface area contributed by atoms with Gasteiger partial charge in [-0.1, -0.05) is 13.5 Å². The second-order valence-corrected chi connectivity index (χ2v) is 0.986. The molecule has 1 nitrogen and oxygen atoms in total. The van der Waals surface area contributed by atoms with Gasteiger partial charge in [-0.05, 0) is 13.8 Å². The van der Waals surface area contributed by atoms with Crippen molar-refractivity contribution >= 4 is 0 Å². The van der Waals surface area contributed by atoms with Crippen molar-refractivity contribution in [2.24, 2.45) is 0 Å². The molecule has 0 radical (unpaired) electrons. The molecule has 0 aliphatic rings. The van der Waals surface area contributed by atoms with E-state index in [4.69, 9.17) is 0 Å². The zero-order chi connectivity index (χ0) is 6.12. The van der Waals surface area contributed by atoms with Crippen molar-refractivity contribution in [3.63, 3.8) is 0 Å².